The third kappa shape index (κ3) is 7.25. The SMILES string of the molecule is CCOP(COC1C=CC(N(C)/C=C(/Cl)C(=O)NC=O)O1)OCC. The first kappa shape index (κ1) is 21.0. The molecule has 1 heterocycles. The molecular formula is C14H22ClN2O6P. The third-order valence-electron chi connectivity index (χ3n) is 2.72. The van der Waals surface area contributed by atoms with Crippen LogP contribution in [0, 0.1) is 0 Å². The predicted molar refractivity (Wildman–Crippen MR) is 89.8 cm³/mol. The molecule has 0 aromatic rings. The Bertz CT molecular complexity index is 470. The molecule has 0 aliphatic carbocycles. The largest absolute Gasteiger partial charge is 0.350 e. The second kappa shape index (κ2) is 11.5. The number of carbonyl (C=O) groups excluding carboxylic acids is 2. The molecule has 2 amide bonds. The lowest BCUT2D eigenvalue weighted by atomic mass is 10.4. The Morgan fingerprint density at radius 3 is 2.62 bits per heavy atom. The highest BCUT2D eigenvalue weighted by molar-refractivity contribution is 7.47. The zero-order chi connectivity index (χ0) is 17.9. The lowest BCUT2D eigenvalue weighted by Gasteiger charge is -2.24. The van der Waals surface area contributed by atoms with Gasteiger partial charge in [-0.2, -0.15) is 0 Å². The molecule has 0 fully saturated rings. The molecule has 0 spiro atoms. The van der Waals surface area contributed by atoms with Gasteiger partial charge in [0.25, 0.3) is 5.91 Å². The van der Waals surface area contributed by atoms with Gasteiger partial charge in [0.15, 0.2) is 20.9 Å². The average molecular weight is 381 g/mol. The van der Waals surface area contributed by atoms with Crippen LogP contribution in [0.3, 0.4) is 0 Å². The van der Waals surface area contributed by atoms with Crippen molar-refractivity contribution in [1.29, 1.82) is 0 Å². The Hall–Kier alpha value is -1.02. The minimum atomic E-state index is -1.10. The summed E-state index contributed by atoms with van der Waals surface area (Å²) in [5.74, 6) is -0.688. The van der Waals surface area contributed by atoms with E-state index in [2.05, 4.69) is 0 Å². The number of imide groups is 1. The molecule has 24 heavy (non-hydrogen) atoms. The first-order valence-corrected chi connectivity index (χ1v) is 9.08. The van der Waals surface area contributed by atoms with E-state index in [4.69, 9.17) is 30.1 Å². The van der Waals surface area contributed by atoms with Crippen molar-refractivity contribution in [3.05, 3.63) is 23.4 Å². The van der Waals surface area contributed by atoms with Crippen molar-refractivity contribution in [3.8, 4) is 0 Å². The monoisotopic (exact) mass is 380 g/mol. The van der Waals surface area contributed by atoms with Crippen LogP contribution in [0.15, 0.2) is 23.4 Å². The molecule has 0 aromatic heterocycles. The summed E-state index contributed by atoms with van der Waals surface area (Å²) in [6.07, 6.45) is 4.46. The summed E-state index contributed by atoms with van der Waals surface area (Å²) in [7, 11) is 0.580. The number of hydrogen-bond acceptors (Lipinski definition) is 7. The first-order chi connectivity index (χ1) is 11.5. The highest BCUT2D eigenvalue weighted by Gasteiger charge is 2.24. The smallest absolute Gasteiger partial charge is 0.270 e. The molecule has 136 valence electrons. The normalized spacial score (nSPS) is 20.5. The number of hydrogen-bond donors (Lipinski definition) is 1. The van der Waals surface area contributed by atoms with Crippen molar-refractivity contribution < 1.29 is 28.1 Å². The highest BCUT2D eigenvalue weighted by atomic mass is 35.5. The molecule has 8 nitrogen and oxygen atoms in total. The lowest BCUT2D eigenvalue weighted by molar-refractivity contribution is -0.134. The van der Waals surface area contributed by atoms with Crippen LogP contribution in [-0.4, -0.2) is 56.3 Å². The second-order valence-corrected chi connectivity index (χ2v) is 6.33. The maximum atomic E-state index is 11.4. The Balaban J connectivity index is 2.45. The zero-order valence-electron chi connectivity index (χ0n) is 13.8. The minimum Gasteiger partial charge on any atom is -0.350 e. The zero-order valence-corrected chi connectivity index (χ0v) is 15.5. The fraction of sp³-hybridized carbons (Fsp3) is 0.571. The van der Waals surface area contributed by atoms with Gasteiger partial charge in [0.2, 0.25) is 6.41 Å². The molecule has 1 aliphatic heterocycles. The molecule has 2 unspecified atom stereocenters. The van der Waals surface area contributed by atoms with Crippen molar-refractivity contribution in [2.75, 3.05) is 26.6 Å². The van der Waals surface area contributed by atoms with Gasteiger partial charge >= 0.3 is 0 Å². The number of nitrogens with one attached hydrogen (secondary N) is 1. The van der Waals surface area contributed by atoms with Gasteiger partial charge in [-0.15, -0.1) is 0 Å². The Kier molecular flexibility index (Phi) is 10.1. The molecule has 0 bridgehead atoms. The van der Waals surface area contributed by atoms with Crippen LogP contribution in [0.25, 0.3) is 0 Å². The molecule has 0 saturated heterocycles. The Morgan fingerprint density at radius 2 is 2.04 bits per heavy atom. The van der Waals surface area contributed by atoms with Gasteiger partial charge in [0, 0.05) is 13.2 Å². The van der Waals surface area contributed by atoms with E-state index < -0.39 is 26.8 Å². The number of rotatable bonds is 11. The van der Waals surface area contributed by atoms with Gasteiger partial charge in [0.1, 0.15) is 11.4 Å². The second-order valence-electron chi connectivity index (χ2n) is 4.48. The maximum Gasteiger partial charge on any atom is 0.270 e. The summed E-state index contributed by atoms with van der Waals surface area (Å²) in [4.78, 5) is 23.2. The van der Waals surface area contributed by atoms with E-state index in [-0.39, 0.29) is 11.4 Å². The van der Waals surface area contributed by atoms with Crippen molar-refractivity contribution in [2.24, 2.45) is 0 Å². The molecule has 2 atom stereocenters. The molecule has 0 radical (unpaired) electrons. The van der Waals surface area contributed by atoms with Gasteiger partial charge in [0.05, 0.1) is 13.2 Å². The number of carbonyl (C=O) groups is 2. The molecule has 1 N–H and O–H groups in total. The molecule has 1 aliphatic rings. The first-order valence-electron chi connectivity index (χ1n) is 7.34. The molecule has 0 saturated carbocycles. The summed E-state index contributed by atoms with van der Waals surface area (Å²) in [5.41, 5.74) is 0. The molecule has 1 rings (SSSR count). The predicted octanol–water partition coefficient (Wildman–Crippen LogP) is 1.87. The van der Waals surface area contributed by atoms with Crippen LogP contribution in [0.5, 0.6) is 0 Å². The molecule has 0 aromatic carbocycles. The summed E-state index contributed by atoms with van der Waals surface area (Å²) < 4.78 is 22.2. The van der Waals surface area contributed by atoms with Crippen LogP contribution in [0.2, 0.25) is 0 Å². The van der Waals surface area contributed by atoms with Crippen molar-refractivity contribution in [1.82, 2.24) is 10.2 Å². The Morgan fingerprint density at radius 1 is 1.38 bits per heavy atom. The molecule has 10 heteroatoms. The average Bonchev–Trinajstić information content (AvgIpc) is 3.02. The number of halogens is 1. The van der Waals surface area contributed by atoms with Gasteiger partial charge in [-0.05, 0) is 26.0 Å². The summed E-state index contributed by atoms with van der Waals surface area (Å²) in [6, 6.07) is 0. The summed E-state index contributed by atoms with van der Waals surface area (Å²) in [5, 5.41) is 1.81. The number of nitrogens with zero attached hydrogens (tertiary/aromatic N) is 1. The minimum absolute atomic E-state index is 0.137. The standard InChI is InChI=1S/C14H22ClN2O6P/c1-4-21-24(22-5-2)10-20-13-7-6-12(23-13)17(3)8-11(15)14(19)16-9-18/h6-9,12-13H,4-5,10H2,1-3H3,(H,16,18,19)/b11-8+. The van der Waals surface area contributed by atoms with Crippen molar-refractivity contribution in [2.45, 2.75) is 26.4 Å². The van der Waals surface area contributed by atoms with Crippen molar-refractivity contribution in [3.63, 3.8) is 0 Å². The fourth-order valence-electron chi connectivity index (χ4n) is 1.71. The van der Waals surface area contributed by atoms with E-state index in [1.165, 1.54) is 6.20 Å². The Labute approximate surface area is 147 Å². The number of likely N-dealkylation sites (N-methyl/N-ethyl adjacent to an activating group) is 1. The lowest BCUT2D eigenvalue weighted by Crippen LogP contribution is -2.30. The van der Waals surface area contributed by atoms with E-state index in [0.29, 0.717) is 19.6 Å². The van der Waals surface area contributed by atoms with Gasteiger partial charge in [-0.1, -0.05) is 11.6 Å². The van der Waals surface area contributed by atoms with Crippen LogP contribution < -0.4 is 5.32 Å². The van der Waals surface area contributed by atoms with Crippen LogP contribution in [0.1, 0.15) is 13.8 Å². The summed E-state index contributed by atoms with van der Waals surface area (Å²) in [6.45, 7) is 4.88. The van der Waals surface area contributed by atoms with Crippen LogP contribution in [-0.2, 0) is 28.1 Å². The van der Waals surface area contributed by atoms with E-state index in [1.54, 1.807) is 24.1 Å². The summed E-state index contributed by atoms with van der Waals surface area (Å²) >= 11 is 5.80. The van der Waals surface area contributed by atoms with Crippen LogP contribution in [0.4, 0.5) is 0 Å². The highest BCUT2D eigenvalue weighted by Crippen LogP contribution is 2.38. The van der Waals surface area contributed by atoms with Gasteiger partial charge in [-0.25, -0.2) is 0 Å². The maximum absolute atomic E-state index is 11.4. The van der Waals surface area contributed by atoms with Gasteiger partial charge in [-0.3, -0.25) is 14.9 Å². The third-order valence-corrected chi connectivity index (χ3v) is 4.44. The number of ether oxygens (including phenoxy) is 2. The van der Waals surface area contributed by atoms with Gasteiger partial charge < -0.3 is 23.4 Å². The fourth-order valence-corrected chi connectivity index (χ4v) is 2.98. The van der Waals surface area contributed by atoms with E-state index in [0.717, 1.165) is 0 Å². The quantitative estimate of drug-likeness (QED) is 0.253. The topological polar surface area (TPSA) is 86.3 Å². The van der Waals surface area contributed by atoms with Crippen LogP contribution >= 0.6 is 20.0 Å². The number of amides is 2. The van der Waals surface area contributed by atoms with Crippen molar-refractivity contribution >= 4 is 32.3 Å². The van der Waals surface area contributed by atoms with E-state index in [1.807, 2.05) is 19.2 Å². The molecular weight excluding hydrogens is 359 g/mol. The van der Waals surface area contributed by atoms with E-state index in [9.17, 15) is 9.59 Å². The van der Waals surface area contributed by atoms with E-state index >= 15 is 0 Å².